The van der Waals surface area contributed by atoms with E-state index in [9.17, 15) is 4.79 Å². The minimum absolute atomic E-state index is 0.175. The number of nitrogens with one attached hydrogen (secondary N) is 1. The first-order valence-electron chi connectivity index (χ1n) is 10.9. The number of morpholine rings is 1. The number of piperazine rings is 1. The smallest absolute Gasteiger partial charge is 0.321 e. The fourth-order valence-electron chi connectivity index (χ4n) is 3.99. The molecule has 178 valence electrons. The maximum atomic E-state index is 12.9. The molecule has 1 aromatic heterocycles. The Morgan fingerprint density at radius 1 is 0.909 bits per heavy atom. The number of carbonyl (C=O) groups is 1. The quantitative estimate of drug-likeness (QED) is 0.693. The summed E-state index contributed by atoms with van der Waals surface area (Å²) in [6.07, 6.45) is 1.77. The third kappa shape index (κ3) is 5.14. The van der Waals surface area contributed by atoms with E-state index in [0.29, 0.717) is 62.3 Å². The van der Waals surface area contributed by atoms with E-state index in [1.165, 1.54) is 0 Å². The van der Waals surface area contributed by atoms with Crippen LogP contribution in [0.15, 0.2) is 24.4 Å². The average Bonchev–Trinajstić information content (AvgIpc) is 2.88. The van der Waals surface area contributed by atoms with Gasteiger partial charge in [0.25, 0.3) is 0 Å². The van der Waals surface area contributed by atoms with Crippen molar-refractivity contribution < 1.29 is 23.7 Å². The Balaban J connectivity index is 1.37. The van der Waals surface area contributed by atoms with Crippen LogP contribution in [-0.4, -0.2) is 94.9 Å². The van der Waals surface area contributed by atoms with Crippen LogP contribution in [0.3, 0.4) is 0 Å². The lowest BCUT2D eigenvalue weighted by atomic mass is 10.2. The van der Waals surface area contributed by atoms with Gasteiger partial charge in [0, 0.05) is 57.5 Å². The van der Waals surface area contributed by atoms with Gasteiger partial charge in [0.15, 0.2) is 17.3 Å². The average molecular weight is 459 g/mol. The van der Waals surface area contributed by atoms with Crippen molar-refractivity contribution >= 4 is 23.2 Å². The van der Waals surface area contributed by atoms with Gasteiger partial charge in [0.05, 0.1) is 52.1 Å². The number of methoxy groups -OCH3 is 3. The van der Waals surface area contributed by atoms with Crippen LogP contribution in [-0.2, 0) is 4.74 Å². The number of hydrogen-bond acceptors (Lipinski definition) is 9. The molecule has 11 heteroatoms. The van der Waals surface area contributed by atoms with E-state index in [2.05, 4.69) is 31.4 Å². The summed E-state index contributed by atoms with van der Waals surface area (Å²) in [5, 5.41) is 11.4. The number of rotatable bonds is 6. The van der Waals surface area contributed by atoms with E-state index < -0.39 is 0 Å². The van der Waals surface area contributed by atoms with Gasteiger partial charge in [0.1, 0.15) is 0 Å². The predicted molar refractivity (Wildman–Crippen MR) is 124 cm³/mol. The maximum absolute atomic E-state index is 12.9. The van der Waals surface area contributed by atoms with E-state index in [0.717, 1.165) is 24.6 Å². The number of urea groups is 1. The van der Waals surface area contributed by atoms with Gasteiger partial charge in [-0.25, -0.2) is 4.79 Å². The first kappa shape index (κ1) is 22.7. The highest BCUT2D eigenvalue weighted by molar-refractivity contribution is 5.90. The molecule has 1 N–H and O–H groups in total. The van der Waals surface area contributed by atoms with Crippen LogP contribution < -0.4 is 29.3 Å². The zero-order valence-electron chi connectivity index (χ0n) is 19.2. The molecule has 2 amide bonds. The molecule has 2 fully saturated rings. The molecule has 2 aliphatic heterocycles. The molecule has 0 aliphatic carbocycles. The van der Waals surface area contributed by atoms with Crippen molar-refractivity contribution in [2.45, 2.75) is 0 Å². The Morgan fingerprint density at radius 3 is 2.18 bits per heavy atom. The SMILES string of the molecule is COc1cc(NC(=O)N2CCN(c3cnnc(N4CCOCC4)c3)CC2)cc(OC)c1OC. The summed E-state index contributed by atoms with van der Waals surface area (Å²) in [5.74, 6) is 2.31. The second kappa shape index (κ2) is 10.4. The van der Waals surface area contributed by atoms with Gasteiger partial charge in [-0.2, -0.15) is 5.10 Å². The lowest BCUT2D eigenvalue weighted by Crippen LogP contribution is -2.50. The molecule has 0 saturated carbocycles. The third-order valence-electron chi connectivity index (χ3n) is 5.81. The number of carbonyl (C=O) groups excluding carboxylic acids is 1. The molecule has 33 heavy (non-hydrogen) atoms. The monoisotopic (exact) mass is 458 g/mol. The third-order valence-corrected chi connectivity index (χ3v) is 5.81. The molecule has 2 saturated heterocycles. The van der Waals surface area contributed by atoms with Crippen LogP contribution in [0.5, 0.6) is 17.2 Å². The fourth-order valence-corrected chi connectivity index (χ4v) is 3.99. The van der Waals surface area contributed by atoms with Crippen LogP contribution >= 0.6 is 0 Å². The van der Waals surface area contributed by atoms with E-state index in [1.807, 2.05) is 0 Å². The Kier molecular flexibility index (Phi) is 7.18. The molecule has 0 spiro atoms. The lowest BCUT2D eigenvalue weighted by molar-refractivity contribution is 0.122. The standard InChI is InChI=1S/C22H30N6O5/c1-30-18-12-16(13-19(31-2)21(18)32-3)24-22(29)28-6-4-26(5-7-28)17-14-20(25-23-15-17)27-8-10-33-11-9-27/h12-15H,4-11H2,1-3H3,(H,24,29). The summed E-state index contributed by atoms with van der Waals surface area (Å²) in [5.41, 5.74) is 1.58. The molecular weight excluding hydrogens is 428 g/mol. The number of ether oxygens (including phenoxy) is 4. The fraction of sp³-hybridized carbons (Fsp3) is 0.500. The molecule has 4 rings (SSSR count). The minimum atomic E-state index is -0.175. The second-order valence-electron chi connectivity index (χ2n) is 7.69. The van der Waals surface area contributed by atoms with E-state index in [1.54, 1.807) is 44.6 Å². The van der Waals surface area contributed by atoms with E-state index in [-0.39, 0.29) is 6.03 Å². The van der Waals surface area contributed by atoms with Crippen molar-refractivity contribution in [2.24, 2.45) is 0 Å². The van der Waals surface area contributed by atoms with Crippen molar-refractivity contribution in [1.29, 1.82) is 0 Å². The van der Waals surface area contributed by atoms with Gasteiger partial charge < -0.3 is 39.0 Å². The van der Waals surface area contributed by atoms with Crippen molar-refractivity contribution in [3.05, 3.63) is 24.4 Å². The number of hydrogen-bond donors (Lipinski definition) is 1. The van der Waals surface area contributed by atoms with E-state index >= 15 is 0 Å². The Bertz CT molecular complexity index is 935. The molecule has 2 aliphatic rings. The molecular formula is C22H30N6O5. The summed E-state index contributed by atoms with van der Waals surface area (Å²) < 4.78 is 21.5. The second-order valence-corrected chi connectivity index (χ2v) is 7.69. The zero-order valence-corrected chi connectivity index (χ0v) is 19.2. The van der Waals surface area contributed by atoms with Crippen molar-refractivity contribution in [3.63, 3.8) is 0 Å². The number of aromatic nitrogens is 2. The molecule has 1 aromatic carbocycles. The Hall–Kier alpha value is -3.47. The van der Waals surface area contributed by atoms with Crippen LogP contribution in [0, 0.1) is 0 Å². The van der Waals surface area contributed by atoms with Gasteiger partial charge in [-0.1, -0.05) is 0 Å². The summed E-state index contributed by atoms with van der Waals surface area (Å²) >= 11 is 0. The predicted octanol–water partition coefficient (Wildman–Crippen LogP) is 1.69. The highest BCUT2D eigenvalue weighted by Crippen LogP contribution is 2.40. The van der Waals surface area contributed by atoms with Crippen molar-refractivity contribution in [2.75, 3.05) is 88.9 Å². The first-order valence-corrected chi connectivity index (χ1v) is 10.9. The summed E-state index contributed by atoms with van der Waals surface area (Å²) in [6.45, 7) is 5.61. The largest absolute Gasteiger partial charge is 0.493 e. The maximum Gasteiger partial charge on any atom is 0.321 e. The van der Waals surface area contributed by atoms with Crippen LogP contribution in [0.2, 0.25) is 0 Å². The van der Waals surface area contributed by atoms with E-state index in [4.69, 9.17) is 18.9 Å². The Labute approximate surface area is 193 Å². The topological polar surface area (TPSA) is 102 Å². The number of amides is 2. The molecule has 0 unspecified atom stereocenters. The first-order chi connectivity index (χ1) is 16.1. The highest BCUT2D eigenvalue weighted by Gasteiger charge is 2.23. The highest BCUT2D eigenvalue weighted by atomic mass is 16.5. The molecule has 11 nitrogen and oxygen atoms in total. The normalized spacial score (nSPS) is 16.4. The minimum Gasteiger partial charge on any atom is -0.493 e. The Morgan fingerprint density at radius 2 is 1.58 bits per heavy atom. The van der Waals surface area contributed by atoms with Crippen LogP contribution in [0.4, 0.5) is 22.0 Å². The number of anilines is 3. The van der Waals surface area contributed by atoms with Gasteiger partial charge in [0.2, 0.25) is 5.75 Å². The van der Waals surface area contributed by atoms with Gasteiger partial charge >= 0.3 is 6.03 Å². The van der Waals surface area contributed by atoms with Gasteiger partial charge in [-0.3, -0.25) is 0 Å². The molecule has 0 radical (unpaired) electrons. The summed E-state index contributed by atoms with van der Waals surface area (Å²) in [4.78, 5) is 19.1. The van der Waals surface area contributed by atoms with Gasteiger partial charge in [-0.05, 0) is 0 Å². The summed E-state index contributed by atoms with van der Waals surface area (Å²) in [7, 11) is 4.63. The van der Waals surface area contributed by atoms with Gasteiger partial charge in [-0.15, -0.1) is 5.10 Å². The molecule has 0 bridgehead atoms. The number of benzene rings is 1. The van der Waals surface area contributed by atoms with Crippen molar-refractivity contribution in [1.82, 2.24) is 15.1 Å². The molecule has 0 atom stereocenters. The summed E-state index contributed by atoms with van der Waals surface area (Å²) in [6, 6.07) is 5.31. The van der Waals surface area contributed by atoms with Crippen LogP contribution in [0.1, 0.15) is 0 Å². The molecule has 3 heterocycles. The van der Waals surface area contributed by atoms with Crippen LogP contribution in [0.25, 0.3) is 0 Å². The zero-order chi connectivity index (χ0) is 23.2. The van der Waals surface area contributed by atoms with Crippen molar-refractivity contribution in [3.8, 4) is 17.2 Å². The molecule has 2 aromatic rings. The number of nitrogens with zero attached hydrogens (tertiary/aromatic N) is 5. The lowest BCUT2D eigenvalue weighted by Gasteiger charge is -2.36.